The van der Waals surface area contributed by atoms with Crippen LogP contribution in [0.5, 0.6) is 5.75 Å². The van der Waals surface area contributed by atoms with Crippen LogP contribution in [0.3, 0.4) is 0 Å². The second-order valence-electron chi connectivity index (χ2n) is 5.16. The van der Waals surface area contributed by atoms with Crippen molar-refractivity contribution in [1.29, 1.82) is 0 Å². The van der Waals surface area contributed by atoms with E-state index in [1.807, 2.05) is 31.2 Å². The highest BCUT2D eigenvalue weighted by atomic mass is 16.5. The first kappa shape index (κ1) is 17.3. The highest BCUT2D eigenvalue weighted by Crippen LogP contribution is 2.28. The highest BCUT2D eigenvalue weighted by Gasteiger charge is 2.38. The van der Waals surface area contributed by atoms with Crippen LogP contribution in [0, 0.1) is 0 Å². The van der Waals surface area contributed by atoms with E-state index in [0.29, 0.717) is 6.61 Å². The zero-order chi connectivity index (χ0) is 15.7. The SMILES string of the molecule is CCCC(CCC)(Nc1ccc(OC)cc1)C(=O)OCC. The Bertz CT molecular complexity index is 422. The standard InChI is InChI=1S/C17H27NO3/c1-5-12-17(13-6-2,16(19)21-7-3)18-14-8-10-15(20-4)11-9-14/h8-11,18H,5-7,12-13H2,1-4H3. The maximum atomic E-state index is 12.5. The molecule has 0 saturated carbocycles. The largest absolute Gasteiger partial charge is 0.497 e. The van der Waals surface area contributed by atoms with Crippen molar-refractivity contribution in [2.24, 2.45) is 0 Å². The van der Waals surface area contributed by atoms with Crippen LogP contribution >= 0.6 is 0 Å². The Morgan fingerprint density at radius 2 is 1.67 bits per heavy atom. The third-order valence-electron chi connectivity index (χ3n) is 3.49. The molecule has 4 heteroatoms. The Kier molecular flexibility index (Phi) is 7.06. The number of carbonyl (C=O) groups is 1. The first-order valence-corrected chi connectivity index (χ1v) is 7.71. The van der Waals surface area contributed by atoms with Crippen molar-refractivity contribution in [1.82, 2.24) is 0 Å². The van der Waals surface area contributed by atoms with Crippen LogP contribution in [0.1, 0.15) is 46.5 Å². The van der Waals surface area contributed by atoms with Crippen molar-refractivity contribution in [3.63, 3.8) is 0 Å². The molecule has 21 heavy (non-hydrogen) atoms. The van der Waals surface area contributed by atoms with Crippen molar-refractivity contribution in [2.45, 2.75) is 52.0 Å². The summed E-state index contributed by atoms with van der Waals surface area (Å²) in [6.45, 7) is 6.41. The smallest absolute Gasteiger partial charge is 0.331 e. The zero-order valence-electron chi connectivity index (χ0n) is 13.6. The van der Waals surface area contributed by atoms with Crippen molar-refractivity contribution >= 4 is 11.7 Å². The van der Waals surface area contributed by atoms with Crippen molar-refractivity contribution in [3.05, 3.63) is 24.3 Å². The molecule has 0 amide bonds. The number of carbonyl (C=O) groups excluding carboxylic acids is 1. The van der Waals surface area contributed by atoms with E-state index in [9.17, 15) is 4.79 Å². The van der Waals surface area contributed by atoms with Gasteiger partial charge in [-0.2, -0.15) is 0 Å². The molecule has 1 N–H and O–H groups in total. The molecule has 0 radical (unpaired) electrons. The maximum absolute atomic E-state index is 12.5. The number of esters is 1. The number of nitrogens with one attached hydrogen (secondary N) is 1. The van der Waals surface area contributed by atoms with Gasteiger partial charge in [-0.1, -0.05) is 26.7 Å². The Balaban J connectivity index is 3.00. The monoisotopic (exact) mass is 293 g/mol. The third kappa shape index (κ3) is 4.66. The zero-order valence-corrected chi connectivity index (χ0v) is 13.6. The van der Waals surface area contributed by atoms with Gasteiger partial charge in [-0.05, 0) is 44.0 Å². The van der Waals surface area contributed by atoms with Gasteiger partial charge in [0.1, 0.15) is 11.3 Å². The normalized spacial score (nSPS) is 11.0. The topological polar surface area (TPSA) is 47.6 Å². The van der Waals surface area contributed by atoms with Gasteiger partial charge >= 0.3 is 5.97 Å². The Morgan fingerprint density at radius 3 is 2.10 bits per heavy atom. The third-order valence-corrected chi connectivity index (χ3v) is 3.49. The van der Waals surface area contributed by atoms with Crippen molar-refractivity contribution < 1.29 is 14.3 Å². The quantitative estimate of drug-likeness (QED) is 0.699. The molecule has 1 aromatic rings. The Labute approximate surface area is 127 Å². The summed E-state index contributed by atoms with van der Waals surface area (Å²) < 4.78 is 10.5. The van der Waals surface area contributed by atoms with Gasteiger partial charge in [-0.15, -0.1) is 0 Å². The van der Waals surface area contributed by atoms with Gasteiger partial charge in [0.25, 0.3) is 0 Å². The second kappa shape index (κ2) is 8.55. The van der Waals surface area contributed by atoms with Crippen LogP contribution < -0.4 is 10.1 Å². The summed E-state index contributed by atoms with van der Waals surface area (Å²) >= 11 is 0. The molecule has 0 aliphatic rings. The van der Waals surface area contributed by atoms with Gasteiger partial charge in [0, 0.05) is 5.69 Å². The number of hydrogen-bond donors (Lipinski definition) is 1. The summed E-state index contributed by atoms with van der Waals surface area (Å²) in [7, 11) is 1.64. The average Bonchev–Trinajstić information content (AvgIpc) is 2.48. The fourth-order valence-electron chi connectivity index (χ4n) is 2.58. The van der Waals surface area contributed by atoms with E-state index < -0.39 is 5.54 Å². The van der Waals surface area contributed by atoms with Crippen molar-refractivity contribution in [3.8, 4) is 5.75 Å². The molecular weight excluding hydrogens is 266 g/mol. The summed E-state index contributed by atoms with van der Waals surface area (Å²) in [5.41, 5.74) is 0.263. The van der Waals surface area contributed by atoms with E-state index in [4.69, 9.17) is 9.47 Å². The minimum atomic E-state index is -0.645. The van der Waals surface area contributed by atoms with E-state index in [0.717, 1.165) is 37.1 Å². The number of anilines is 1. The van der Waals surface area contributed by atoms with Gasteiger partial charge < -0.3 is 14.8 Å². The molecule has 0 fully saturated rings. The van der Waals surface area contributed by atoms with E-state index in [1.54, 1.807) is 7.11 Å². The molecule has 0 aliphatic heterocycles. The first-order valence-electron chi connectivity index (χ1n) is 7.71. The van der Waals surface area contributed by atoms with Gasteiger partial charge in [0.15, 0.2) is 0 Å². The summed E-state index contributed by atoms with van der Waals surface area (Å²) in [5, 5.41) is 3.40. The lowest BCUT2D eigenvalue weighted by Crippen LogP contribution is -2.47. The lowest BCUT2D eigenvalue weighted by molar-refractivity contribution is -0.149. The molecule has 0 spiro atoms. The number of methoxy groups -OCH3 is 1. The number of ether oxygens (including phenoxy) is 2. The van der Waals surface area contributed by atoms with Gasteiger partial charge in [0.05, 0.1) is 13.7 Å². The molecule has 1 rings (SSSR count). The lowest BCUT2D eigenvalue weighted by Gasteiger charge is -2.33. The van der Waals surface area contributed by atoms with E-state index in [1.165, 1.54) is 0 Å². The van der Waals surface area contributed by atoms with E-state index in [2.05, 4.69) is 19.2 Å². The van der Waals surface area contributed by atoms with Gasteiger partial charge in [-0.25, -0.2) is 4.79 Å². The molecule has 4 nitrogen and oxygen atoms in total. The molecule has 118 valence electrons. The van der Waals surface area contributed by atoms with Crippen LogP contribution in [-0.2, 0) is 9.53 Å². The van der Waals surface area contributed by atoms with Crippen LogP contribution in [0.15, 0.2) is 24.3 Å². The summed E-state index contributed by atoms with van der Waals surface area (Å²) in [6.07, 6.45) is 3.35. The number of benzene rings is 1. The molecule has 0 aromatic heterocycles. The molecule has 0 heterocycles. The van der Waals surface area contributed by atoms with Crippen LogP contribution in [0.4, 0.5) is 5.69 Å². The molecule has 0 bridgehead atoms. The van der Waals surface area contributed by atoms with E-state index >= 15 is 0 Å². The van der Waals surface area contributed by atoms with Crippen molar-refractivity contribution in [2.75, 3.05) is 19.0 Å². The van der Waals surface area contributed by atoms with Crippen LogP contribution in [-0.4, -0.2) is 25.2 Å². The molecule has 0 saturated heterocycles. The molecular formula is C17H27NO3. The highest BCUT2D eigenvalue weighted by molar-refractivity contribution is 5.84. The van der Waals surface area contributed by atoms with E-state index in [-0.39, 0.29) is 5.97 Å². The van der Waals surface area contributed by atoms with Gasteiger partial charge in [0.2, 0.25) is 0 Å². The minimum absolute atomic E-state index is 0.162. The van der Waals surface area contributed by atoms with Crippen LogP contribution in [0.2, 0.25) is 0 Å². The second-order valence-corrected chi connectivity index (χ2v) is 5.16. The molecule has 0 unspecified atom stereocenters. The number of rotatable bonds is 9. The minimum Gasteiger partial charge on any atom is -0.497 e. The predicted octanol–water partition coefficient (Wildman–Crippen LogP) is 4.01. The molecule has 1 aromatic carbocycles. The predicted molar refractivity (Wildman–Crippen MR) is 85.8 cm³/mol. The molecule has 0 aliphatic carbocycles. The van der Waals surface area contributed by atoms with Crippen LogP contribution in [0.25, 0.3) is 0 Å². The lowest BCUT2D eigenvalue weighted by atomic mass is 9.88. The summed E-state index contributed by atoms with van der Waals surface area (Å²) in [5.74, 6) is 0.637. The van der Waals surface area contributed by atoms with Gasteiger partial charge in [-0.3, -0.25) is 0 Å². The summed E-state index contributed by atoms with van der Waals surface area (Å²) in [6, 6.07) is 7.63. The Hall–Kier alpha value is -1.71. The fourth-order valence-corrected chi connectivity index (χ4v) is 2.58. The maximum Gasteiger partial charge on any atom is 0.331 e. The average molecular weight is 293 g/mol. The molecule has 0 atom stereocenters. The first-order chi connectivity index (χ1) is 10.1. The number of hydrogen-bond acceptors (Lipinski definition) is 4. The summed E-state index contributed by atoms with van der Waals surface area (Å²) in [4.78, 5) is 12.5. The Morgan fingerprint density at radius 1 is 1.10 bits per heavy atom. The fraction of sp³-hybridized carbons (Fsp3) is 0.588.